The van der Waals surface area contributed by atoms with Gasteiger partial charge in [0.25, 0.3) is 0 Å². The van der Waals surface area contributed by atoms with Crippen LogP contribution in [0.2, 0.25) is 0 Å². The van der Waals surface area contributed by atoms with E-state index in [0.29, 0.717) is 12.3 Å². The first-order chi connectivity index (χ1) is 5.66. The molecule has 1 rings (SSSR count). The zero-order valence-electron chi connectivity index (χ0n) is 7.50. The van der Waals surface area contributed by atoms with Crippen LogP contribution in [0.4, 0.5) is 0 Å². The quantitative estimate of drug-likeness (QED) is 0.626. The zero-order chi connectivity index (χ0) is 9.14. The molecule has 4 nitrogen and oxygen atoms in total. The van der Waals surface area contributed by atoms with Gasteiger partial charge in [0.05, 0.1) is 6.20 Å². The molecule has 0 aromatic carbocycles. The number of aromatic nitrogens is 2. The van der Waals surface area contributed by atoms with E-state index < -0.39 is 0 Å². The Labute approximate surface area is 71.2 Å². The summed E-state index contributed by atoms with van der Waals surface area (Å²) in [6.45, 7) is 1.96. The van der Waals surface area contributed by atoms with Crippen LogP contribution >= 0.6 is 0 Å². The number of Topliss-reactive ketones (excluding diaryl/α,β-unsaturated/α-hetero) is 1. The molecule has 0 N–H and O–H groups in total. The molecule has 1 aromatic rings. The van der Waals surface area contributed by atoms with Gasteiger partial charge in [-0.2, -0.15) is 0 Å². The highest BCUT2D eigenvalue weighted by molar-refractivity contribution is 5.92. The normalized spacial score (nSPS) is 10.2. The molecule has 0 saturated carbocycles. The van der Waals surface area contributed by atoms with E-state index in [4.69, 9.17) is 4.74 Å². The number of hydrogen-bond acceptors (Lipinski definition) is 3. The van der Waals surface area contributed by atoms with Crippen molar-refractivity contribution in [2.24, 2.45) is 7.05 Å². The van der Waals surface area contributed by atoms with Crippen LogP contribution in [0.15, 0.2) is 6.20 Å². The highest BCUT2D eigenvalue weighted by Crippen LogP contribution is 2.04. The first-order valence-electron chi connectivity index (χ1n) is 3.67. The molecule has 0 aliphatic carbocycles. The van der Waals surface area contributed by atoms with E-state index in [9.17, 15) is 4.79 Å². The molecule has 0 unspecified atom stereocenters. The molecule has 12 heavy (non-hydrogen) atoms. The molecule has 0 atom stereocenters. The van der Waals surface area contributed by atoms with Crippen molar-refractivity contribution in [1.29, 1.82) is 0 Å². The summed E-state index contributed by atoms with van der Waals surface area (Å²) in [5.41, 5.74) is 0.613. The Kier molecular flexibility index (Phi) is 2.60. The minimum atomic E-state index is 0.0207. The number of rotatable bonds is 3. The molecular weight excluding hydrogens is 156 g/mol. The fraction of sp³-hybridized carbons (Fsp3) is 0.500. The van der Waals surface area contributed by atoms with E-state index in [-0.39, 0.29) is 5.78 Å². The van der Waals surface area contributed by atoms with Crippen molar-refractivity contribution >= 4 is 5.78 Å². The minimum absolute atomic E-state index is 0.0207. The lowest BCUT2D eigenvalue weighted by atomic mass is 10.3. The summed E-state index contributed by atoms with van der Waals surface area (Å²) in [6, 6.07) is 0. The molecule has 0 radical (unpaired) electrons. The number of imidazole rings is 1. The van der Waals surface area contributed by atoms with E-state index in [0.717, 1.165) is 5.82 Å². The first kappa shape index (κ1) is 8.93. The van der Waals surface area contributed by atoms with Crippen LogP contribution in [0, 0.1) is 0 Å². The SMILES string of the molecule is COCc1ncc(C(C)=O)n1C. The highest BCUT2D eigenvalue weighted by atomic mass is 16.5. The van der Waals surface area contributed by atoms with E-state index in [1.165, 1.54) is 6.92 Å². The van der Waals surface area contributed by atoms with Crippen LogP contribution in [0.5, 0.6) is 0 Å². The van der Waals surface area contributed by atoms with Gasteiger partial charge in [-0.05, 0) is 0 Å². The number of methoxy groups -OCH3 is 1. The number of carbonyl (C=O) groups is 1. The number of hydrogen-bond donors (Lipinski definition) is 0. The van der Waals surface area contributed by atoms with Crippen molar-refractivity contribution in [3.63, 3.8) is 0 Å². The summed E-state index contributed by atoms with van der Waals surface area (Å²) in [4.78, 5) is 15.0. The summed E-state index contributed by atoms with van der Waals surface area (Å²) in [5.74, 6) is 0.787. The van der Waals surface area contributed by atoms with Crippen molar-refractivity contribution < 1.29 is 9.53 Å². The van der Waals surface area contributed by atoms with Crippen LogP contribution in [-0.4, -0.2) is 22.4 Å². The molecular formula is C8H12N2O2. The topological polar surface area (TPSA) is 44.1 Å². The van der Waals surface area contributed by atoms with Crippen LogP contribution in [-0.2, 0) is 18.4 Å². The van der Waals surface area contributed by atoms with Crippen LogP contribution in [0.1, 0.15) is 23.2 Å². The smallest absolute Gasteiger partial charge is 0.177 e. The summed E-state index contributed by atoms with van der Waals surface area (Å²) < 4.78 is 6.65. The first-order valence-corrected chi connectivity index (χ1v) is 3.67. The van der Waals surface area contributed by atoms with Gasteiger partial charge in [0.2, 0.25) is 0 Å². The molecule has 1 aromatic heterocycles. The maximum absolute atomic E-state index is 11.0. The fourth-order valence-corrected chi connectivity index (χ4v) is 1.04. The Hall–Kier alpha value is -1.16. The second-order valence-electron chi connectivity index (χ2n) is 2.61. The van der Waals surface area contributed by atoms with Gasteiger partial charge in [0.1, 0.15) is 18.1 Å². The van der Waals surface area contributed by atoms with Crippen LogP contribution in [0.25, 0.3) is 0 Å². The van der Waals surface area contributed by atoms with Gasteiger partial charge >= 0.3 is 0 Å². The standard InChI is InChI=1S/C8H12N2O2/c1-6(11)7-4-9-8(5-12-3)10(7)2/h4H,5H2,1-3H3. The van der Waals surface area contributed by atoms with Crippen molar-refractivity contribution in [2.45, 2.75) is 13.5 Å². The maximum atomic E-state index is 11.0. The van der Waals surface area contributed by atoms with Crippen molar-refractivity contribution in [2.75, 3.05) is 7.11 Å². The number of ether oxygens (including phenoxy) is 1. The van der Waals surface area contributed by atoms with Gasteiger partial charge in [-0.3, -0.25) is 4.79 Å². The molecule has 0 amide bonds. The summed E-state index contributed by atoms with van der Waals surface area (Å²) in [6.07, 6.45) is 1.57. The van der Waals surface area contributed by atoms with E-state index in [2.05, 4.69) is 4.98 Å². The summed E-state index contributed by atoms with van der Waals surface area (Å²) >= 11 is 0. The average molecular weight is 168 g/mol. The predicted octanol–water partition coefficient (Wildman–Crippen LogP) is 0.769. The van der Waals surface area contributed by atoms with Crippen molar-refractivity contribution in [3.8, 4) is 0 Å². The van der Waals surface area contributed by atoms with E-state index in [1.807, 2.05) is 0 Å². The van der Waals surface area contributed by atoms with Gasteiger partial charge in [-0.15, -0.1) is 0 Å². The molecule has 0 aliphatic heterocycles. The van der Waals surface area contributed by atoms with Gasteiger partial charge in [0, 0.05) is 21.1 Å². The lowest BCUT2D eigenvalue weighted by molar-refractivity contribution is 0.100. The lowest BCUT2D eigenvalue weighted by Gasteiger charge is -2.01. The number of ketones is 1. The highest BCUT2D eigenvalue weighted by Gasteiger charge is 2.08. The number of nitrogens with zero attached hydrogens (tertiary/aromatic N) is 2. The van der Waals surface area contributed by atoms with Crippen LogP contribution in [0.3, 0.4) is 0 Å². The molecule has 1 heterocycles. The molecule has 0 aliphatic rings. The monoisotopic (exact) mass is 168 g/mol. The average Bonchev–Trinajstić information content (AvgIpc) is 2.34. The van der Waals surface area contributed by atoms with Gasteiger partial charge < -0.3 is 9.30 Å². The van der Waals surface area contributed by atoms with Crippen molar-refractivity contribution in [3.05, 3.63) is 17.7 Å². The Balaban J connectivity index is 2.96. The molecule has 0 bridgehead atoms. The number of carbonyl (C=O) groups excluding carboxylic acids is 1. The molecule has 66 valence electrons. The maximum Gasteiger partial charge on any atom is 0.177 e. The molecule has 0 spiro atoms. The second kappa shape index (κ2) is 3.49. The molecule has 0 saturated heterocycles. The van der Waals surface area contributed by atoms with Gasteiger partial charge in [-0.25, -0.2) is 4.98 Å². The zero-order valence-corrected chi connectivity index (χ0v) is 7.50. The molecule has 4 heteroatoms. The minimum Gasteiger partial charge on any atom is -0.377 e. The third kappa shape index (κ3) is 1.53. The third-order valence-corrected chi connectivity index (χ3v) is 1.72. The van der Waals surface area contributed by atoms with E-state index in [1.54, 1.807) is 24.9 Å². The second-order valence-corrected chi connectivity index (χ2v) is 2.61. The van der Waals surface area contributed by atoms with E-state index >= 15 is 0 Å². The Morgan fingerprint density at radius 1 is 1.75 bits per heavy atom. The largest absolute Gasteiger partial charge is 0.377 e. The third-order valence-electron chi connectivity index (χ3n) is 1.72. The summed E-state index contributed by atoms with van der Waals surface area (Å²) in [5, 5.41) is 0. The van der Waals surface area contributed by atoms with Gasteiger partial charge in [0.15, 0.2) is 5.78 Å². The summed E-state index contributed by atoms with van der Waals surface area (Å²) in [7, 11) is 3.40. The van der Waals surface area contributed by atoms with Crippen LogP contribution < -0.4 is 0 Å². The lowest BCUT2D eigenvalue weighted by Crippen LogP contribution is -2.05. The van der Waals surface area contributed by atoms with Crippen molar-refractivity contribution in [1.82, 2.24) is 9.55 Å². The Bertz CT molecular complexity index is 291. The fourth-order valence-electron chi connectivity index (χ4n) is 1.04. The molecule has 0 fully saturated rings. The Morgan fingerprint density at radius 2 is 2.42 bits per heavy atom. The van der Waals surface area contributed by atoms with Gasteiger partial charge in [-0.1, -0.05) is 0 Å². The predicted molar refractivity (Wildman–Crippen MR) is 43.9 cm³/mol. The Morgan fingerprint density at radius 3 is 2.83 bits per heavy atom.